The summed E-state index contributed by atoms with van der Waals surface area (Å²) in [7, 11) is -9.23. The quantitative estimate of drug-likeness (QED) is 0.249. The third-order valence-corrected chi connectivity index (χ3v) is 8.55. The van der Waals surface area contributed by atoms with Gasteiger partial charge in [-0.1, -0.05) is 0 Å². The molecular formula is C15H18F14NO2P. The number of hydrogen-bond acceptors (Lipinski definition) is 3. The van der Waals surface area contributed by atoms with Gasteiger partial charge in [0.2, 0.25) is 0 Å². The minimum absolute atomic E-state index is 0.0242. The van der Waals surface area contributed by atoms with E-state index in [9.17, 15) is 52.7 Å². The topological polar surface area (TPSA) is 21.7 Å². The molecule has 2 heterocycles. The van der Waals surface area contributed by atoms with E-state index >= 15 is 8.39 Å². The van der Waals surface area contributed by atoms with Gasteiger partial charge in [-0.25, -0.2) is 0 Å². The monoisotopic (exact) mass is 541 g/mol. The van der Waals surface area contributed by atoms with Gasteiger partial charge in [0.15, 0.2) is 0 Å². The Labute approximate surface area is 177 Å². The van der Waals surface area contributed by atoms with Crippen molar-refractivity contribution in [3.05, 3.63) is 0 Å². The van der Waals surface area contributed by atoms with E-state index in [0.29, 0.717) is 0 Å². The summed E-state index contributed by atoms with van der Waals surface area (Å²) < 4.78 is 201. The van der Waals surface area contributed by atoms with E-state index in [1.54, 1.807) is 0 Å². The van der Waals surface area contributed by atoms with Crippen LogP contribution in [0.4, 0.5) is 61.1 Å². The molecule has 0 aromatic heterocycles. The van der Waals surface area contributed by atoms with Crippen LogP contribution in [0.25, 0.3) is 0 Å². The third kappa shape index (κ3) is 3.62. The fourth-order valence-electron chi connectivity index (χ4n) is 4.83. The van der Waals surface area contributed by atoms with Crippen molar-refractivity contribution in [3.8, 4) is 0 Å². The summed E-state index contributed by atoms with van der Waals surface area (Å²) in [6.07, 6.45) is -31.6. The molecule has 0 aliphatic carbocycles. The van der Waals surface area contributed by atoms with Gasteiger partial charge in [0.25, 0.3) is 0 Å². The molecule has 2 aliphatic rings. The molecule has 0 spiro atoms. The molecule has 0 saturated carbocycles. The molecule has 2 aliphatic heterocycles. The third-order valence-electron chi connectivity index (χ3n) is 5.70. The van der Waals surface area contributed by atoms with Crippen LogP contribution >= 0.6 is 7.83 Å². The van der Waals surface area contributed by atoms with Crippen molar-refractivity contribution < 1.29 is 70.1 Å². The molecule has 0 radical (unpaired) electrons. The maximum atomic E-state index is 15.9. The number of halogens is 14. The molecule has 0 bridgehead atoms. The summed E-state index contributed by atoms with van der Waals surface area (Å²) in [4.78, 5) is 0. The number of rotatable bonds is 1. The molecule has 0 amide bonds. The van der Waals surface area contributed by atoms with Gasteiger partial charge in [0.1, 0.15) is 0 Å². The molecule has 3 nitrogen and oxygen atoms in total. The van der Waals surface area contributed by atoms with Crippen LogP contribution in [0, 0.1) is 0 Å². The van der Waals surface area contributed by atoms with E-state index in [1.807, 2.05) is 0 Å². The molecule has 0 aromatic carbocycles. The van der Waals surface area contributed by atoms with Crippen molar-refractivity contribution in [2.45, 2.75) is 93.9 Å². The first-order chi connectivity index (χ1) is 14.0. The van der Waals surface area contributed by atoms with E-state index in [4.69, 9.17) is 0 Å². The standard InChI is InChI=1S/C15H18F14NO2P/c1-8(2)6-5-7-9(3,4)30(8)33(28,29)31-10(12(16,17)18,13(19,20)21)11(32-33,14(22,23)24)15(25,26)27/h5-7H2,1-4H3. The van der Waals surface area contributed by atoms with Gasteiger partial charge in [0.05, 0.1) is 0 Å². The summed E-state index contributed by atoms with van der Waals surface area (Å²) in [6, 6.07) is 0. The first-order valence-electron chi connectivity index (χ1n) is 8.98. The minimum atomic E-state index is -9.23. The molecule has 0 unspecified atom stereocenters. The van der Waals surface area contributed by atoms with Crippen molar-refractivity contribution >= 4 is 7.83 Å². The Bertz CT molecular complexity index is 706. The molecule has 2 rings (SSSR count). The molecule has 0 atom stereocenters. The van der Waals surface area contributed by atoms with Crippen molar-refractivity contribution in [1.82, 2.24) is 4.67 Å². The first-order valence-corrected chi connectivity index (χ1v) is 10.8. The Morgan fingerprint density at radius 2 is 0.818 bits per heavy atom. The molecule has 0 N–H and O–H groups in total. The average Bonchev–Trinajstić information content (AvgIpc) is 2.71. The van der Waals surface area contributed by atoms with Gasteiger partial charge in [-0.15, -0.1) is 0 Å². The molecule has 0 aromatic rings. The normalized spacial score (nSPS) is 30.4. The fourth-order valence-corrected chi connectivity index (χ4v) is 8.49. The van der Waals surface area contributed by atoms with E-state index in [2.05, 4.69) is 9.05 Å². The van der Waals surface area contributed by atoms with Crippen LogP contribution < -0.4 is 0 Å². The van der Waals surface area contributed by atoms with E-state index < -0.39 is 72.3 Å². The van der Waals surface area contributed by atoms with Crippen LogP contribution in [0.2, 0.25) is 0 Å². The Morgan fingerprint density at radius 1 is 0.576 bits per heavy atom. The molecule has 2 saturated heterocycles. The Morgan fingerprint density at radius 3 is 1.03 bits per heavy atom. The molecule has 18 heteroatoms. The number of alkyl halides is 12. The summed E-state index contributed by atoms with van der Waals surface area (Å²) in [5, 5.41) is 0. The van der Waals surface area contributed by atoms with Crippen LogP contribution in [0.3, 0.4) is 0 Å². The Kier molecular flexibility index (Phi) is 5.85. The summed E-state index contributed by atoms with van der Waals surface area (Å²) in [5.74, 6) is 0. The van der Waals surface area contributed by atoms with Gasteiger partial charge in [-0.2, -0.15) is 0 Å². The molecule has 198 valence electrons. The van der Waals surface area contributed by atoms with E-state index in [0.717, 1.165) is 27.7 Å². The van der Waals surface area contributed by atoms with Crippen molar-refractivity contribution in [1.29, 1.82) is 0 Å². The van der Waals surface area contributed by atoms with Crippen LogP contribution in [0.15, 0.2) is 0 Å². The Balaban J connectivity index is 3.13. The Hall–Kier alpha value is -0.670. The van der Waals surface area contributed by atoms with Crippen LogP contribution in [-0.4, -0.2) is 51.7 Å². The average molecular weight is 541 g/mol. The van der Waals surface area contributed by atoms with Gasteiger partial charge in [0, 0.05) is 0 Å². The van der Waals surface area contributed by atoms with E-state index in [-0.39, 0.29) is 6.42 Å². The number of piperidine rings is 1. The second kappa shape index (κ2) is 6.75. The van der Waals surface area contributed by atoms with Gasteiger partial charge < -0.3 is 0 Å². The summed E-state index contributed by atoms with van der Waals surface area (Å²) in [5.41, 5.74) is -19.5. The van der Waals surface area contributed by atoms with Gasteiger partial charge in [-0.3, -0.25) is 0 Å². The maximum absolute atomic E-state index is 15.9. The molecule has 2 fully saturated rings. The zero-order valence-corrected chi connectivity index (χ0v) is 18.0. The van der Waals surface area contributed by atoms with Crippen molar-refractivity contribution in [2.24, 2.45) is 0 Å². The fraction of sp³-hybridized carbons (Fsp3) is 1.00. The van der Waals surface area contributed by atoms with E-state index in [1.165, 1.54) is 0 Å². The summed E-state index contributed by atoms with van der Waals surface area (Å²) >= 11 is 0. The molecule has 33 heavy (non-hydrogen) atoms. The SMILES string of the molecule is CC1(C)CCCC(C)(C)N1P1(F)(F)OC(C(F)(F)F)(C(F)(F)F)C(C(F)(F)F)(C(F)(F)F)O1. The second-order valence-electron chi connectivity index (χ2n) is 9.06. The van der Waals surface area contributed by atoms with Crippen LogP contribution in [0.1, 0.15) is 47.0 Å². The second-order valence-corrected chi connectivity index (χ2v) is 11.3. The van der Waals surface area contributed by atoms with Crippen LogP contribution in [0.5, 0.6) is 0 Å². The predicted molar refractivity (Wildman–Crippen MR) is 84.8 cm³/mol. The summed E-state index contributed by atoms with van der Waals surface area (Å²) in [6.45, 7) is 3.22. The number of nitrogens with zero attached hydrogens (tertiary/aromatic N) is 1. The zero-order valence-electron chi connectivity index (χ0n) is 17.1. The van der Waals surface area contributed by atoms with Gasteiger partial charge in [-0.05, 0) is 0 Å². The predicted octanol–water partition coefficient (Wildman–Crippen LogP) is 7.87. The van der Waals surface area contributed by atoms with Crippen molar-refractivity contribution in [3.63, 3.8) is 0 Å². The number of hydrogen-bond donors (Lipinski definition) is 0. The zero-order chi connectivity index (χ0) is 26.6. The first kappa shape index (κ1) is 28.6. The van der Waals surface area contributed by atoms with Crippen LogP contribution in [-0.2, 0) is 9.05 Å². The molecular weight excluding hydrogens is 523 g/mol. The van der Waals surface area contributed by atoms with Crippen molar-refractivity contribution in [2.75, 3.05) is 0 Å². The van der Waals surface area contributed by atoms with Gasteiger partial charge >= 0.3 is 177 Å².